The number of amides is 2. The normalized spacial score (nSPS) is 20.0. The summed E-state index contributed by atoms with van der Waals surface area (Å²) in [5, 5.41) is 0. The van der Waals surface area contributed by atoms with Gasteiger partial charge in [0.15, 0.2) is 5.69 Å². The summed E-state index contributed by atoms with van der Waals surface area (Å²) in [6, 6.07) is 3.61. The topological polar surface area (TPSA) is 54.2 Å². The van der Waals surface area contributed by atoms with Gasteiger partial charge < -0.3 is 9.64 Å². The van der Waals surface area contributed by atoms with Gasteiger partial charge in [-0.3, -0.25) is 9.69 Å². The molecule has 1 aromatic carbocycles. The van der Waals surface area contributed by atoms with Crippen LogP contribution in [0.1, 0.15) is 50.7 Å². The first-order chi connectivity index (χ1) is 12.2. The summed E-state index contributed by atoms with van der Waals surface area (Å²) in [5.41, 5.74) is 2.79. The van der Waals surface area contributed by atoms with E-state index in [1.165, 1.54) is 0 Å². The third kappa shape index (κ3) is 3.39. The molecule has 138 valence electrons. The van der Waals surface area contributed by atoms with Crippen LogP contribution < -0.4 is 4.90 Å². The first kappa shape index (κ1) is 18.2. The summed E-state index contributed by atoms with van der Waals surface area (Å²) >= 11 is 0. The minimum atomic E-state index is -0.561. The highest BCUT2D eigenvalue weighted by Crippen LogP contribution is 2.42. The Morgan fingerprint density at radius 1 is 1.35 bits per heavy atom. The number of fused-ring (bicyclic) bond motifs is 1. The van der Waals surface area contributed by atoms with Gasteiger partial charge in [-0.15, -0.1) is 0 Å². The summed E-state index contributed by atoms with van der Waals surface area (Å²) < 4.78 is 5.55. The molecule has 0 spiro atoms. The van der Waals surface area contributed by atoms with E-state index in [4.69, 9.17) is 11.3 Å². The van der Waals surface area contributed by atoms with Gasteiger partial charge in [0.25, 0.3) is 0 Å². The van der Waals surface area contributed by atoms with E-state index in [-0.39, 0.29) is 17.9 Å². The Balaban J connectivity index is 2.03. The van der Waals surface area contributed by atoms with Crippen LogP contribution >= 0.6 is 0 Å². The molecule has 0 bridgehead atoms. The highest BCUT2D eigenvalue weighted by molar-refractivity contribution is 5.91. The molecule has 2 amide bonds. The van der Waals surface area contributed by atoms with Crippen molar-refractivity contribution in [1.82, 2.24) is 4.90 Å². The second-order valence-electron chi connectivity index (χ2n) is 8.02. The van der Waals surface area contributed by atoms with Crippen molar-refractivity contribution in [2.75, 3.05) is 25.0 Å². The molecule has 3 rings (SSSR count). The fraction of sp³-hybridized carbons (Fsp3) is 0.550. The summed E-state index contributed by atoms with van der Waals surface area (Å²) in [6.45, 7) is 14.3. The number of rotatable bonds is 1. The molecule has 2 aliphatic rings. The second kappa shape index (κ2) is 6.64. The lowest BCUT2D eigenvalue weighted by molar-refractivity contribution is -0.126. The minimum Gasteiger partial charge on any atom is -0.443 e. The Kier molecular flexibility index (Phi) is 4.66. The van der Waals surface area contributed by atoms with Gasteiger partial charge in [-0.2, -0.15) is 0 Å². The van der Waals surface area contributed by atoms with Gasteiger partial charge in [-0.25, -0.2) is 9.64 Å². The Morgan fingerprint density at radius 3 is 2.65 bits per heavy atom. The number of nitrogens with zero attached hydrogens (tertiary/aromatic N) is 3. The summed E-state index contributed by atoms with van der Waals surface area (Å²) in [7, 11) is 1.79. The van der Waals surface area contributed by atoms with Crippen molar-refractivity contribution in [2.45, 2.75) is 51.6 Å². The van der Waals surface area contributed by atoms with Gasteiger partial charge in [0.05, 0.1) is 6.57 Å². The third-order valence-corrected chi connectivity index (χ3v) is 4.89. The molecular weight excluding hydrogens is 330 g/mol. The molecule has 2 heterocycles. The minimum absolute atomic E-state index is 0.00476. The van der Waals surface area contributed by atoms with Crippen molar-refractivity contribution >= 4 is 23.4 Å². The van der Waals surface area contributed by atoms with Crippen LogP contribution in [0.25, 0.3) is 4.85 Å². The van der Waals surface area contributed by atoms with E-state index in [1.54, 1.807) is 22.9 Å². The summed E-state index contributed by atoms with van der Waals surface area (Å²) in [5.74, 6) is 0.105. The van der Waals surface area contributed by atoms with Gasteiger partial charge in [0.2, 0.25) is 5.91 Å². The standard InChI is InChI=1S/C20H25N3O3/c1-20(2,3)26-19(25)23-10-6-7-14-16(23)9-8-15(21-4)18(14)13-11-17(24)22(5)12-13/h8-9,13H,6-7,10-12H2,1-3,5H3. The maximum absolute atomic E-state index is 12.6. The Hall–Kier alpha value is -2.55. The van der Waals surface area contributed by atoms with Crippen molar-refractivity contribution in [3.8, 4) is 0 Å². The van der Waals surface area contributed by atoms with Gasteiger partial charge in [-0.05, 0) is 50.8 Å². The van der Waals surface area contributed by atoms with Crippen LogP contribution in [0.2, 0.25) is 0 Å². The van der Waals surface area contributed by atoms with Crippen molar-refractivity contribution in [1.29, 1.82) is 0 Å². The quantitative estimate of drug-likeness (QED) is 0.719. The lowest BCUT2D eigenvalue weighted by atomic mass is 9.86. The van der Waals surface area contributed by atoms with Crippen molar-refractivity contribution in [3.05, 3.63) is 34.7 Å². The Morgan fingerprint density at radius 2 is 2.08 bits per heavy atom. The highest BCUT2D eigenvalue weighted by Gasteiger charge is 2.35. The van der Waals surface area contributed by atoms with E-state index in [9.17, 15) is 9.59 Å². The molecule has 6 nitrogen and oxygen atoms in total. The molecule has 0 N–H and O–H groups in total. The van der Waals surface area contributed by atoms with Crippen molar-refractivity contribution in [3.63, 3.8) is 0 Å². The largest absolute Gasteiger partial charge is 0.443 e. The third-order valence-electron chi connectivity index (χ3n) is 4.89. The number of anilines is 1. The molecule has 1 fully saturated rings. The molecule has 6 heteroatoms. The predicted molar refractivity (Wildman–Crippen MR) is 99.6 cm³/mol. The molecule has 1 unspecified atom stereocenters. The smallest absolute Gasteiger partial charge is 0.414 e. The molecule has 0 aromatic heterocycles. The number of hydrogen-bond donors (Lipinski definition) is 0. The lowest BCUT2D eigenvalue weighted by Crippen LogP contribution is -2.40. The number of likely N-dealkylation sites (tertiary alicyclic amines) is 1. The number of carbonyl (C=O) groups excluding carboxylic acids is 2. The molecule has 26 heavy (non-hydrogen) atoms. The fourth-order valence-electron chi connectivity index (χ4n) is 3.81. The molecule has 1 aromatic rings. The average molecular weight is 355 g/mol. The lowest BCUT2D eigenvalue weighted by Gasteiger charge is -2.33. The zero-order chi connectivity index (χ0) is 19.1. The van der Waals surface area contributed by atoms with Crippen LogP contribution in [0.4, 0.5) is 16.2 Å². The van der Waals surface area contributed by atoms with Crippen LogP contribution in [-0.2, 0) is 16.0 Å². The van der Waals surface area contributed by atoms with Crippen molar-refractivity contribution < 1.29 is 14.3 Å². The second-order valence-corrected chi connectivity index (χ2v) is 8.02. The number of ether oxygens (including phenoxy) is 1. The first-order valence-electron chi connectivity index (χ1n) is 8.99. The summed E-state index contributed by atoms with van der Waals surface area (Å²) in [4.78, 5) is 31.7. The van der Waals surface area contributed by atoms with Gasteiger partial charge >= 0.3 is 6.09 Å². The van der Waals surface area contributed by atoms with Gasteiger partial charge in [0, 0.05) is 38.2 Å². The zero-order valence-electron chi connectivity index (χ0n) is 15.8. The molecular formula is C20H25N3O3. The van der Waals surface area contributed by atoms with Gasteiger partial charge in [0.1, 0.15) is 5.60 Å². The van der Waals surface area contributed by atoms with E-state index in [0.717, 1.165) is 29.7 Å². The van der Waals surface area contributed by atoms with E-state index in [1.807, 2.05) is 26.8 Å². The summed E-state index contributed by atoms with van der Waals surface area (Å²) in [6.07, 6.45) is 1.68. The Labute approximate surface area is 154 Å². The Bertz CT molecular complexity index is 789. The molecule has 1 atom stereocenters. The van der Waals surface area contributed by atoms with Crippen LogP contribution in [0, 0.1) is 6.57 Å². The van der Waals surface area contributed by atoms with E-state index >= 15 is 0 Å². The monoisotopic (exact) mass is 355 g/mol. The predicted octanol–water partition coefficient (Wildman–Crippen LogP) is 3.87. The SMILES string of the molecule is [C-]#[N+]c1ccc2c(c1C1CC(=O)N(C)C1)CCCN2C(=O)OC(C)(C)C. The molecule has 1 saturated heterocycles. The number of carbonyl (C=O) groups is 2. The number of benzene rings is 1. The maximum atomic E-state index is 12.6. The molecule has 2 aliphatic heterocycles. The van der Waals surface area contributed by atoms with Crippen molar-refractivity contribution in [2.24, 2.45) is 0 Å². The average Bonchev–Trinajstić information content (AvgIpc) is 2.90. The van der Waals surface area contributed by atoms with E-state index in [2.05, 4.69) is 4.85 Å². The van der Waals surface area contributed by atoms with Gasteiger partial charge in [-0.1, -0.05) is 6.07 Å². The van der Waals surface area contributed by atoms with Crippen LogP contribution in [0.5, 0.6) is 0 Å². The fourth-order valence-corrected chi connectivity index (χ4v) is 3.81. The molecule has 0 aliphatic carbocycles. The first-order valence-corrected chi connectivity index (χ1v) is 8.99. The molecule has 0 saturated carbocycles. The van der Waals surface area contributed by atoms with Crippen LogP contribution in [0.3, 0.4) is 0 Å². The number of likely N-dealkylation sites (N-methyl/N-ethyl adjacent to an activating group) is 1. The van der Waals surface area contributed by atoms with Crippen LogP contribution in [0.15, 0.2) is 12.1 Å². The molecule has 0 radical (unpaired) electrons. The van der Waals surface area contributed by atoms with Crippen LogP contribution in [-0.4, -0.2) is 42.6 Å². The highest BCUT2D eigenvalue weighted by atomic mass is 16.6. The maximum Gasteiger partial charge on any atom is 0.414 e. The van der Waals surface area contributed by atoms with E-state index < -0.39 is 5.60 Å². The number of hydrogen-bond acceptors (Lipinski definition) is 3. The van der Waals surface area contributed by atoms with E-state index in [0.29, 0.717) is 25.2 Å². The zero-order valence-corrected chi connectivity index (χ0v) is 15.8.